The molecule has 0 saturated carbocycles. The molecule has 20 heavy (non-hydrogen) atoms. The molecule has 2 heterocycles. The van der Waals surface area contributed by atoms with Crippen LogP contribution in [0.25, 0.3) is 10.9 Å². The van der Waals surface area contributed by atoms with Gasteiger partial charge in [0.15, 0.2) is 0 Å². The van der Waals surface area contributed by atoms with E-state index >= 15 is 0 Å². The first-order valence-corrected chi connectivity index (χ1v) is 6.86. The number of rotatable bonds is 2. The number of fused-ring (bicyclic) bond motifs is 3. The van der Waals surface area contributed by atoms with Crippen molar-refractivity contribution in [2.24, 2.45) is 0 Å². The summed E-state index contributed by atoms with van der Waals surface area (Å²) in [6.45, 7) is 3.96. The zero-order valence-corrected chi connectivity index (χ0v) is 11.6. The van der Waals surface area contributed by atoms with Crippen molar-refractivity contribution in [3.8, 4) is 0 Å². The topological polar surface area (TPSA) is 65.6 Å². The number of carbonyl (C=O) groups is 1. The number of para-hydroxylation sites is 1. The molecule has 0 spiro atoms. The fourth-order valence-electron chi connectivity index (χ4n) is 2.92. The number of esters is 1. The van der Waals surface area contributed by atoms with Crippen LogP contribution < -0.4 is 0 Å². The largest absolute Gasteiger partial charge is 0.465 e. The van der Waals surface area contributed by atoms with Gasteiger partial charge in [-0.3, -0.25) is 4.79 Å². The summed E-state index contributed by atoms with van der Waals surface area (Å²) < 4.78 is 5.05. The number of carbonyl (C=O) groups excluding carboxylic acids is 1. The molecular weight excluding hydrogens is 256 g/mol. The summed E-state index contributed by atoms with van der Waals surface area (Å²) in [6, 6.07) is 7.08. The van der Waals surface area contributed by atoms with Gasteiger partial charge in [0, 0.05) is 23.0 Å². The highest BCUT2D eigenvalue weighted by atomic mass is 16.6. The van der Waals surface area contributed by atoms with Crippen molar-refractivity contribution >= 4 is 16.9 Å². The maximum absolute atomic E-state index is 12.0. The molecular formula is C15H18N2O3. The number of H-pyrrole nitrogens is 1. The zero-order chi connectivity index (χ0) is 14.3. The molecule has 5 heteroatoms. The molecule has 1 aliphatic heterocycles. The van der Waals surface area contributed by atoms with Gasteiger partial charge >= 0.3 is 5.97 Å². The van der Waals surface area contributed by atoms with Crippen molar-refractivity contribution < 1.29 is 14.7 Å². The number of nitrogens with one attached hydrogen (secondary N) is 1. The van der Waals surface area contributed by atoms with Crippen molar-refractivity contribution in [2.75, 3.05) is 6.61 Å². The van der Waals surface area contributed by atoms with Crippen molar-refractivity contribution in [3.05, 3.63) is 35.5 Å². The molecule has 0 saturated heterocycles. The average Bonchev–Trinajstić information content (AvgIpc) is 2.82. The highest BCUT2D eigenvalue weighted by Crippen LogP contribution is 2.36. The fourth-order valence-corrected chi connectivity index (χ4v) is 2.92. The van der Waals surface area contributed by atoms with Crippen LogP contribution in [-0.4, -0.2) is 33.9 Å². The van der Waals surface area contributed by atoms with Crippen molar-refractivity contribution in [1.29, 1.82) is 0 Å². The highest BCUT2D eigenvalue weighted by Gasteiger charge is 2.38. The summed E-state index contributed by atoms with van der Waals surface area (Å²) in [6.07, 6.45) is 0.457. The Bertz CT molecular complexity index is 650. The number of aromatic amines is 1. The molecule has 5 nitrogen and oxygen atoms in total. The lowest BCUT2D eigenvalue weighted by Crippen LogP contribution is -2.46. The van der Waals surface area contributed by atoms with Crippen LogP contribution in [0.3, 0.4) is 0 Å². The zero-order valence-electron chi connectivity index (χ0n) is 11.6. The first kappa shape index (κ1) is 13.1. The normalized spacial score (nSPS) is 22.8. The molecule has 1 aromatic heterocycles. The van der Waals surface area contributed by atoms with E-state index in [1.54, 1.807) is 6.92 Å². The number of nitrogens with zero attached hydrogens (tertiary/aromatic N) is 1. The number of hydrogen-bond acceptors (Lipinski definition) is 4. The number of aromatic nitrogens is 1. The van der Waals surface area contributed by atoms with Gasteiger partial charge in [-0.2, -0.15) is 5.06 Å². The van der Waals surface area contributed by atoms with E-state index in [1.165, 1.54) is 0 Å². The van der Waals surface area contributed by atoms with Gasteiger partial charge in [-0.1, -0.05) is 18.2 Å². The molecule has 2 atom stereocenters. The van der Waals surface area contributed by atoms with Crippen LogP contribution in [0.4, 0.5) is 0 Å². The van der Waals surface area contributed by atoms with Gasteiger partial charge in [-0.05, 0) is 25.5 Å². The third-order valence-corrected chi connectivity index (χ3v) is 3.94. The highest BCUT2D eigenvalue weighted by molar-refractivity contribution is 5.87. The second kappa shape index (κ2) is 4.92. The maximum atomic E-state index is 12.0. The Hall–Kier alpha value is -1.85. The summed E-state index contributed by atoms with van der Waals surface area (Å²) in [4.78, 5) is 15.3. The Morgan fingerprint density at radius 1 is 1.50 bits per heavy atom. The minimum atomic E-state index is -0.642. The predicted molar refractivity (Wildman–Crippen MR) is 74.5 cm³/mol. The smallest absolute Gasteiger partial charge is 0.326 e. The van der Waals surface area contributed by atoms with E-state index in [4.69, 9.17) is 4.74 Å². The Morgan fingerprint density at radius 3 is 3.00 bits per heavy atom. The molecule has 0 aliphatic carbocycles. The quantitative estimate of drug-likeness (QED) is 0.825. The van der Waals surface area contributed by atoms with Crippen LogP contribution in [-0.2, 0) is 16.0 Å². The van der Waals surface area contributed by atoms with E-state index in [0.29, 0.717) is 13.0 Å². The molecule has 0 fully saturated rings. The first-order chi connectivity index (χ1) is 9.63. The van der Waals surface area contributed by atoms with E-state index in [9.17, 15) is 10.0 Å². The van der Waals surface area contributed by atoms with Crippen molar-refractivity contribution in [1.82, 2.24) is 10.0 Å². The van der Waals surface area contributed by atoms with Gasteiger partial charge in [-0.25, -0.2) is 0 Å². The third-order valence-electron chi connectivity index (χ3n) is 3.94. The molecule has 3 rings (SSSR count). The predicted octanol–water partition coefficient (Wildman–Crippen LogP) is 2.41. The molecule has 2 N–H and O–H groups in total. The van der Waals surface area contributed by atoms with E-state index in [0.717, 1.165) is 27.2 Å². The fraction of sp³-hybridized carbons (Fsp3) is 0.400. The Balaban J connectivity index is 2.05. The van der Waals surface area contributed by atoms with Crippen LogP contribution in [0.5, 0.6) is 0 Å². The number of hydroxylamine groups is 2. The maximum Gasteiger partial charge on any atom is 0.326 e. The Labute approximate surface area is 117 Å². The average molecular weight is 274 g/mol. The van der Waals surface area contributed by atoms with E-state index in [-0.39, 0.29) is 12.0 Å². The van der Waals surface area contributed by atoms with Crippen LogP contribution in [0.1, 0.15) is 31.1 Å². The number of ether oxygens (including phenoxy) is 1. The Kier molecular flexibility index (Phi) is 3.23. The second-order valence-corrected chi connectivity index (χ2v) is 5.09. The lowest BCUT2D eigenvalue weighted by atomic mass is 9.94. The van der Waals surface area contributed by atoms with E-state index in [1.807, 2.05) is 31.2 Å². The summed E-state index contributed by atoms with van der Waals surface area (Å²) in [5, 5.41) is 12.4. The van der Waals surface area contributed by atoms with Crippen LogP contribution in [0.15, 0.2) is 24.3 Å². The van der Waals surface area contributed by atoms with Gasteiger partial charge in [0.2, 0.25) is 0 Å². The molecule has 0 bridgehead atoms. The summed E-state index contributed by atoms with van der Waals surface area (Å²) >= 11 is 0. The third kappa shape index (κ3) is 1.90. The first-order valence-electron chi connectivity index (χ1n) is 6.86. The Morgan fingerprint density at radius 2 is 2.25 bits per heavy atom. The van der Waals surface area contributed by atoms with Gasteiger partial charge < -0.3 is 14.9 Å². The lowest BCUT2D eigenvalue weighted by Gasteiger charge is -2.34. The summed E-state index contributed by atoms with van der Waals surface area (Å²) in [5.74, 6) is -0.377. The molecule has 1 aromatic carbocycles. The number of benzene rings is 1. The van der Waals surface area contributed by atoms with Crippen molar-refractivity contribution in [2.45, 2.75) is 32.4 Å². The van der Waals surface area contributed by atoms with Gasteiger partial charge in [-0.15, -0.1) is 0 Å². The second-order valence-electron chi connectivity index (χ2n) is 5.09. The summed E-state index contributed by atoms with van der Waals surface area (Å²) in [7, 11) is 0. The molecule has 106 valence electrons. The van der Waals surface area contributed by atoms with Gasteiger partial charge in [0.05, 0.1) is 12.6 Å². The van der Waals surface area contributed by atoms with Crippen LogP contribution in [0, 0.1) is 0 Å². The van der Waals surface area contributed by atoms with Gasteiger partial charge in [0.25, 0.3) is 0 Å². The SMILES string of the molecule is CCOC(=O)[C@H]1Cc2c([nH]c3ccccc23)[C@@H](C)N1O. The lowest BCUT2D eigenvalue weighted by molar-refractivity contribution is -0.190. The van der Waals surface area contributed by atoms with E-state index < -0.39 is 6.04 Å². The molecule has 1 aliphatic rings. The van der Waals surface area contributed by atoms with Crippen LogP contribution >= 0.6 is 0 Å². The monoisotopic (exact) mass is 274 g/mol. The van der Waals surface area contributed by atoms with Gasteiger partial charge in [0.1, 0.15) is 6.04 Å². The molecule has 0 unspecified atom stereocenters. The summed E-state index contributed by atoms with van der Waals surface area (Å²) in [5.41, 5.74) is 3.09. The molecule has 0 radical (unpaired) electrons. The van der Waals surface area contributed by atoms with Crippen molar-refractivity contribution in [3.63, 3.8) is 0 Å². The standard InChI is InChI=1S/C15H18N2O3/c1-3-20-15(18)13-8-11-10-6-4-5-7-12(10)16-14(11)9(2)17(13)19/h4-7,9,13,16,19H,3,8H2,1-2H3/t9-,13-/m1/s1. The number of hydrogen-bond donors (Lipinski definition) is 2. The molecule has 2 aromatic rings. The minimum Gasteiger partial charge on any atom is -0.465 e. The van der Waals surface area contributed by atoms with Crippen LogP contribution in [0.2, 0.25) is 0 Å². The van der Waals surface area contributed by atoms with E-state index in [2.05, 4.69) is 4.98 Å². The molecule has 0 amide bonds. The minimum absolute atomic E-state index is 0.263.